The van der Waals surface area contributed by atoms with Crippen molar-refractivity contribution in [3.05, 3.63) is 101 Å². The summed E-state index contributed by atoms with van der Waals surface area (Å²) in [6.45, 7) is 11.6. The molecule has 0 aromatic heterocycles. The second-order valence-corrected chi connectivity index (χ2v) is 7.60. The Morgan fingerprint density at radius 3 is 2.45 bits per heavy atom. The fourth-order valence-electron chi connectivity index (χ4n) is 3.42. The summed E-state index contributed by atoms with van der Waals surface area (Å²) in [5.74, 6) is 1.16. The normalized spacial score (nSPS) is 10.6. The zero-order valence-electron chi connectivity index (χ0n) is 18.5. The lowest BCUT2D eigenvalue weighted by Crippen LogP contribution is -2.06. The molecular formula is C27H30FNO2. The maximum Gasteiger partial charge on any atom is 0.165 e. The lowest BCUT2D eigenvalue weighted by molar-refractivity contribution is 0.267. The van der Waals surface area contributed by atoms with E-state index in [2.05, 4.69) is 50.0 Å². The molecule has 0 aliphatic rings. The Labute approximate surface area is 184 Å². The number of allylic oxidation sites excluding steroid dienone is 1. The maximum atomic E-state index is 13.2. The number of hydrogen-bond acceptors (Lipinski definition) is 3. The van der Waals surface area contributed by atoms with Crippen molar-refractivity contribution in [2.24, 2.45) is 0 Å². The van der Waals surface area contributed by atoms with Gasteiger partial charge in [0, 0.05) is 17.8 Å². The summed E-state index contributed by atoms with van der Waals surface area (Å²) >= 11 is 0. The van der Waals surface area contributed by atoms with E-state index in [1.165, 1.54) is 23.3 Å². The minimum Gasteiger partial charge on any atom is -0.490 e. The molecule has 0 atom stereocenters. The molecule has 0 radical (unpaired) electrons. The predicted octanol–water partition coefficient (Wildman–Crippen LogP) is 6.76. The van der Waals surface area contributed by atoms with Crippen LogP contribution >= 0.6 is 0 Å². The molecular weight excluding hydrogens is 389 g/mol. The molecule has 0 aliphatic carbocycles. The fraction of sp³-hybridized carbons (Fsp3) is 0.259. The molecule has 3 aromatic carbocycles. The summed E-state index contributed by atoms with van der Waals surface area (Å²) in [5.41, 5.74) is 6.58. The summed E-state index contributed by atoms with van der Waals surface area (Å²) in [5, 5.41) is 3.53. The van der Waals surface area contributed by atoms with Crippen molar-refractivity contribution < 1.29 is 13.9 Å². The Balaban J connectivity index is 1.85. The molecule has 0 saturated heterocycles. The molecule has 3 nitrogen and oxygen atoms in total. The first-order valence-electron chi connectivity index (χ1n) is 10.6. The first kappa shape index (κ1) is 22.4. The van der Waals surface area contributed by atoms with Crippen LogP contribution in [0.2, 0.25) is 0 Å². The third-order valence-electron chi connectivity index (χ3n) is 5.03. The second-order valence-electron chi connectivity index (χ2n) is 7.60. The quantitative estimate of drug-likeness (QED) is 0.368. The van der Waals surface area contributed by atoms with Crippen molar-refractivity contribution in [2.45, 2.75) is 40.3 Å². The van der Waals surface area contributed by atoms with Gasteiger partial charge in [0.1, 0.15) is 12.4 Å². The average Bonchev–Trinajstić information content (AvgIpc) is 2.75. The van der Waals surface area contributed by atoms with Crippen LogP contribution in [0.15, 0.2) is 67.3 Å². The smallest absolute Gasteiger partial charge is 0.165 e. The van der Waals surface area contributed by atoms with Crippen molar-refractivity contribution in [3.8, 4) is 11.5 Å². The third kappa shape index (κ3) is 6.11. The van der Waals surface area contributed by atoms with Gasteiger partial charge in [-0.2, -0.15) is 0 Å². The van der Waals surface area contributed by atoms with Gasteiger partial charge in [0.05, 0.1) is 6.61 Å². The van der Waals surface area contributed by atoms with Crippen LogP contribution in [0.25, 0.3) is 0 Å². The van der Waals surface area contributed by atoms with Gasteiger partial charge < -0.3 is 14.8 Å². The lowest BCUT2D eigenvalue weighted by atomic mass is 10.0. The van der Waals surface area contributed by atoms with Crippen molar-refractivity contribution >= 4 is 5.69 Å². The Morgan fingerprint density at radius 1 is 0.968 bits per heavy atom. The highest BCUT2D eigenvalue weighted by atomic mass is 19.1. The van der Waals surface area contributed by atoms with Gasteiger partial charge in [-0.05, 0) is 79.8 Å². The van der Waals surface area contributed by atoms with Crippen LogP contribution in [0.5, 0.6) is 11.5 Å². The predicted molar refractivity (Wildman–Crippen MR) is 125 cm³/mol. The second kappa shape index (κ2) is 10.7. The molecule has 0 spiro atoms. The van der Waals surface area contributed by atoms with E-state index in [1.54, 1.807) is 12.1 Å². The summed E-state index contributed by atoms with van der Waals surface area (Å²) in [6.07, 6.45) is 2.52. The molecule has 0 heterocycles. The summed E-state index contributed by atoms with van der Waals surface area (Å²) < 4.78 is 25.2. The van der Waals surface area contributed by atoms with Crippen molar-refractivity contribution in [2.75, 3.05) is 11.9 Å². The summed E-state index contributed by atoms with van der Waals surface area (Å²) in [4.78, 5) is 0. The standard InChI is InChI=1S/C27H30FNO2/c1-5-7-23-15-22(17-29-25-14-19(3)8-9-20(25)4)16-26(30-6-2)27(23)31-18-21-10-12-24(28)13-11-21/h5,8-16,29H,1,6-7,17-18H2,2-4H3. The van der Waals surface area contributed by atoms with E-state index in [-0.39, 0.29) is 5.82 Å². The molecule has 0 aliphatic heterocycles. The molecule has 0 amide bonds. The molecule has 4 heteroatoms. The third-order valence-corrected chi connectivity index (χ3v) is 5.03. The number of ether oxygens (including phenoxy) is 2. The highest BCUT2D eigenvalue weighted by molar-refractivity contribution is 5.55. The van der Waals surface area contributed by atoms with E-state index in [0.717, 1.165) is 22.4 Å². The number of rotatable bonds is 10. The van der Waals surface area contributed by atoms with Crippen molar-refractivity contribution in [1.82, 2.24) is 0 Å². The van der Waals surface area contributed by atoms with Gasteiger partial charge >= 0.3 is 0 Å². The van der Waals surface area contributed by atoms with E-state index >= 15 is 0 Å². The topological polar surface area (TPSA) is 30.5 Å². The number of halogens is 1. The number of anilines is 1. The van der Waals surface area contributed by atoms with E-state index < -0.39 is 0 Å². The zero-order valence-corrected chi connectivity index (χ0v) is 18.5. The first-order valence-corrected chi connectivity index (χ1v) is 10.6. The molecule has 0 saturated carbocycles. The molecule has 0 fully saturated rings. The lowest BCUT2D eigenvalue weighted by Gasteiger charge is -2.18. The molecule has 31 heavy (non-hydrogen) atoms. The van der Waals surface area contributed by atoms with Gasteiger partial charge in [-0.15, -0.1) is 6.58 Å². The Hall–Kier alpha value is -3.27. The summed E-state index contributed by atoms with van der Waals surface area (Å²) in [7, 11) is 0. The van der Waals surface area contributed by atoms with Crippen LogP contribution in [0.1, 0.15) is 34.7 Å². The maximum absolute atomic E-state index is 13.2. The molecule has 0 unspecified atom stereocenters. The van der Waals surface area contributed by atoms with Gasteiger partial charge in [0.15, 0.2) is 11.5 Å². The Bertz CT molecular complexity index is 1030. The highest BCUT2D eigenvalue weighted by Gasteiger charge is 2.14. The monoisotopic (exact) mass is 419 g/mol. The number of hydrogen-bond donors (Lipinski definition) is 1. The molecule has 0 bridgehead atoms. The Morgan fingerprint density at radius 2 is 1.74 bits per heavy atom. The minimum absolute atomic E-state index is 0.258. The number of aryl methyl sites for hydroxylation is 2. The molecule has 3 rings (SSSR count). The zero-order chi connectivity index (χ0) is 22.2. The van der Waals surface area contributed by atoms with Crippen molar-refractivity contribution in [3.63, 3.8) is 0 Å². The van der Waals surface area contributed by atoms with Crippen LogP contribution in [0.3, 0.4) is 0 Å². The van der Waals surface area contributed by atoms with Gasteiger partial charge in [0.25, 0.3) is 0 Å². The highest BCUT2D eigenvalue weighted by Crippen LogP contribution is 2.35. The van der Waals surface area contributed by atoms with Crippen LogP contribution < -0.4 is 14.8 Å². The van der Waals surface area contributed by atoms with E-state index in [4.69, 9.17) is 9.47 Å². The molecule has 162 valence electrons. The average molecular weight is 420 g/mol. The van der Waals surface area contributed by atoms with Gasteiger partial charge in [-0.3, -0.25) is 0 Å². The number of nitrogens with one attached hydrogen (secondary N) is 1. The molecule has 1 N–H and O–H groups in total. The minimum atomic E-state index is -0.258. The summed E-state index contributed by atoms with van der Waals surface area (Å²) in [6, 6.07) is 16.9. The van der Waals surface area contributed by atoms with Crippen LogP contribution in [0.4, 0.5) is 10.1 Å². The van der Waals surface area contributed by atoms with Crippen LogP contribution in [-0.4, -0.2) is 6.61 Å². The SMILES string of the molecule is C=CCc1cc(CNc2cc(C)ccc2C)cc(OCC)c1OCc1ccc(F)cc1. The van der Waals surface area contributed by atoms with Crippen LogP contribution in [-0.2, 0) is 19.6 Å². The fourth-order valence-corrected chi connectivity index (χ4v) is 3.42. The number of benzene rings is 3. The van der Waals surface area contributed by atoms with Gasteiger partial charge in [-0.25, -0.2) is 4.39 Å². The van der Waals surface area contributed by atoms with Crippen molar-refractivity contribution in [1.29, 1.82) is 0 Å². The van der Waals surface area contributed by atoms with Gasteiger partial charge in [0.2, 0.25) is 0 Å². The van der Waals surface area contributed by atoms with E-state index in [1.807, 2.05) is 19.1 Å². The largest absolute Gasteiger partial charge is 0.490 e. The van der Waals surface area contributed by atoms with E-state index in [0.29, 0.717) is 37.7 Å². The van der Waals surface area contributed by atoms with Gasteiger partial charge in [-0.1, -0.05) is 30.3 Å². The van der Waals surface area contributed by atoms with Crippen LogP contribution in [0, 0.1) is 19.7 Å². The molecule has 3 aromatic rings. The van der Waals surface area contributed by atoms with E-state index in [9.17, 15) is 4.39 Å². The Kier molecular flexibility index (Phi) is 7.71. The first-order chi connectivity index (χ1) is 15.0.